The molecule has 0 aliphatic rings. The summed E-state index contributed by atoms with van der Waals surface area (Å²) in [6.07, 6.45) is 0.0198. The molecule has 0 aromatic rings. The minimum Gasteiger partial charge on any atom is -0.469 e. The molecule has 0 radical (unpaired) electrons. The molecule has 5 heteroatoms. The highest BCUT2D eigenvalue weighted by molar-refractivity contribution is 5.80. The number of hydrogen-bond acceptors (Lipinski definition) is 5. The van der Waals surface area contributed by atoms with Gasteiger partial charge in [0.2, 0.25) is 0 Å². The van der Waals surface area contributed by atoms with Gasteiger partial charge in [-0.25, -0.2) is 0 Å². The summed E-state index contributed by atoms with van der Waals surface area (Å²) in [5.41, 5.74) is -0.541. The van der Waals surface area contributed by atoms with Crippen LogP contribution in [0.15, 0.2) is 0 Å². The van der Waals surface area contributed by atoms with Crippen LogP contribution in [0.4, 0.5) is 0 Å². The minimum atomic E-state index is -0.541. The molecule has 2 atom stereocenters. The van der Waals surface area contributed by atoms with E-state index < -0.39 is 23.5 Å². The Balaban J connectivity index is 4.54. The summed E-state index contributed by atoms with van der Waals surface area (Å²) in [6.45, 7) is 7.20. The largest absolute Gasteiger partial charge is 0.469 e. The van der Waals surface area contributed by atoms with Gasteiger partial charge in [-0.3, -0.25) is 9.59 Å². The van der Waals surface area contributed by atoms with Gasteiger partial charge in [-0.15, -0.1) is 0 Å². The highest BCUT2D eigenvalue weighted by atomic mass is 16.6. The van der Waals surface area contributed by atoms with Gasteiger partial charge in [-0.05, 0) is 34.7 Å². The van der Waals surface area contributed by atoms with Gasteiger partial charge in [0.1, 0.15) is 5.60 Å². The van der Waals surface area contributed by atoms with Gasteiger partial charge in [0.15, 0.2) is 0 Å². The minimum absolute atomic E-state index is 0.0198. The Morgan fingerprint density at radius 2 is 1.82 bits per heavy atom. The second-order valence-electron chi connectivity index (χ2n) is 5.00. The first-order valence-electron chi connectivity index (χ1n) is 5.68. The van der Waals surface area contributed by atoms with Crippen LogP contribution in [0.2, 0.25) is 0 Å². The number of esters is 2. The van der Waals surface area contributed by atoms with Gasteiger partial charge >= 0.3 is 11.9 Å². The molecule has 0 saturated carbocycles. The molecule has 0 aliphatic carbocycles. The second kappa shape index (κ2) is 6.59. The lowest BCUT2D eigenvalue weighted by Gasteiger charge is -2.24. The van der Waals surface area contributed by atoms with Gasteiger partial charge in [0.05, 0.1) is 19.4 Å². The summed E-state index contributed by atoms with van der Waals surface area (Å²) in [5, 5.41) is 2.94. The molecule has 0 aliphatic heterocycles. The van der Waals surface area contributed by atoms with Crippen molar-refractivity contribution < 1.29 is 19.1 Å². The Bertz CT molecular complexity index is 270. The first-order valence-corrected chi connectivity index (χ1v) is 5.68. The molecule has 1 N–H and O–H groups in total. The molecular weight excluding hydrogens is 222 g/mol. The molecule has 0 heterocycles. The van der Waals surface area contributed by atoms with Crippen molar-refractivity contribution in [3.05, 3.63) is 0 Å². The van der Waals surface area contributed by atoms with Crippen molar-refractivity contribution in [2.75, 3.05) is 14.2 Å². The van der Waals surface area contributed by atoms with Gasteiger partial charge in [0, 0.05) is 6.04 Å². The smallest absolute Gasteiger partial charge is 0.310 e. The van der Waals surface area contributed by atoms with Gasteiger partial charge < -0.3 is 14.8 Å². The van der Waals surface area contributed by atoms with Crippen molar-refractivity contribution in [3.8, 4) is 0 Å². The van der Waals surface area contributed by atoms with E-state index in [1.54, 1.807) is 27.8 Å². The summed E-state index contributed by atoms with van der Waals surface area (Å²) in [7, 11) is 3.04. The third-order valence-electron chi connectivity index (χ3n) is 2.37. The van der Waals surface area contributed by atoms with Crippen LogP contribution in [0, 0.1) is 5.92 Å². The molecule has 0 amide bonds. The highest BCUT2D eigenvalue weighted by Crippen LogP contribution is 2.15. The quantitative estimate of drug-likeness (QED) is 0.735. The lowest BCUT2D eigenvalue weighted by atomic mass is 9.97. The van der Waals surface area contributed by atoms with Crippen LogP contribution in [0.1, 0.15) is 34.1 Å². The number of hydrogen-bond donors (Lipinski definition) is 1. The fourth-order valence-corrected chi connectivity index (χ4v) is 1.38. The molecule has 2 unspecified atom stereocenters. The Labute approximate surface area is 103 Å². The Hall–Kier alpha value is -1.10. The van der Waals surface area contributed by atoms with Crippen LogP contribution in [0.5, 0.6) is 0 Å². The molecule has 17 heavy (non-hydrogen) atoms. The van der Waals surface area contributed by atoms with Gasteiger partial charge in [-0.2, -0.15) is 0 Å². The number of methoxy groups -OCH3 is 1. The molecule has 0 aromatic carbocycles. The molecule has 0 fully saturated rings. The predicted molar refractivity (Wildman–Crippen MR) is 64.5 cm³/mol. The van der Waals surface area contributed by atoms with Crippen molar-refractivity contribution in [1.82, 2.24) is 5.32 Å². The first-order chi connectivity index (χ1) is 7.71. The van der Waals surface area contributed by atoms with Crippen LogP contribution < -0.4 is 5.32 Å². The average Bonchev–Trinajstić information content (AvgIpc) is 2.21. The number of ether oxygens (including phenoxy) is 2. The number of nitrogens with one attached hydrogen (secondary N) is 1. The summed E-state index contributed by atoms with van der Waals surface area (Å²) in [5.74, 6) is -1.33. The van der Waals surface area contributed by atoms with E-state index >= 15 is 0 Å². The predicted octanol–water partition coefficient (Wildman–Crippen LogP) is 1.12. The summed E-state index contributed by atoms with van der Waals surface area (Å²) in [6, 6.07) is -0.144. The van der Waals surface area contributed by atoms with Crippen LogP contribution in [-0.2, 0) is 19.1 Å². The van der Waals surface area contributed by atoms with Crippen LogP contribution >= 0.6 is 0 Å². The van der Waals surface area contributed by atoms with E-state index in [2.05, 4.69) is 10.1 Å². The normalized spacial score (nSPS) is 14.9. The lowest BCUT2D eigenvalue weighted by Crippen LogP contribution is -2.39. The second-order valence-corrected chi connectivity index (χ2v) is 5.00. The zero-order chi connectivity index (χ0) is 13.6. The van der Waals surface area contributed by atoms with E-state index in [0.29, 0.717) is 0 Å². The van der Waals surface area contributed by atoms with E-state index in [-0.39, 0.29) is 12.5 Å². The monoisotopic (exact) mass is 245 g/mol. The van der Waals surface area contributed by atoms with Crippen LogP contribution in [0.3, 0.4) is 0 Å². The Kier molecular flexibility index (Phi) is 6.16. The van der Waals surface area contributed by atoms with E-state index in [4.69, 9.17) is 4.74 Å². The Morgan fingerprint density at radius 3 is 2.18 bits per heavy atom. The summed E-state index contributed by atoms with van der Waals surface area (Å²) >= 11 is 0. The van der Waals surface area contributed by atoms with Crippen LogP contribution in [0.25, 0.3) is 0 Å². The van der Waals surface area contributed by atoms with Crippen LogP contribution in [-0.4, -0.2) is 37.7 Å². The standard InChI is InChI=1S/C12H23NO4/c1-8(13-5)9(11(15)16-6)7-10(14)17-12(2,3)4/h8-9,13H,7H2,1-6H3. The van der Waals surface area contributed by atoms with Crippen molar-refractivity contribution in [1.29, 1.82) is 0 Å². The molecule has 0 aromatic heterocycles. The maximum atomic E-state index is 11.7. The maximum Gasteiger partial charge on any atom is 0.310 e. The molecule has 100 valence electrons. The summed E-state index contributed by atoms with van der Waals surface area (Å²) < 4.78 is 9.86. The SMILES string of the molecule is CNC(C)C(CC(=O)OC(C)(C)C)C(=O)OC. The Morgan fingerprint density at radius 1 is 1.29 bits per heavy atom. The third kappa shape index (κ3) is 6.26. The fraction of sp³-hybridized carbons (Fsp3) is 0.833. The average molecular weight is 245 g/mol. The van der Waals surface area contributed by atoms with Gasteiger partial charge in [-0.1, -0.05) is 0 Å². The zero-order valence-corrected chi connectivity index (χ0v) is 11.5. The van der Waals surface area contributed by atoms with Crippen molar-refractivity contribution in [3.63, 3.8) is 0 Å². The van der Waals surface area contributed by atoms with Crippen molar-refractivity contribution >= 4 is 11.9 Å². The van der Waals surface area contributed by atoms with E-state index in [1.165, 1.54) is 7.11 Å². The topological polar surface area (TPSA) is 64.6 Å². The van der Waals surface area contributed by atoms with Crippen molar-refractivity contribution in [2.45, 2.75) is 45.8 Å². The number of carbonyl (C=O) groups excluding carboxylic acids is 2. The number of rotatable bonds is 5. The summed E-state index contributed by atoms with van der Waals surface area (Å²) in [4.78, 5) is 23.2. The zero-order valence-electron chi connectivity index (χ0n) is 11.5. The van der Waals surface area contributed by atoms with Crippen molar-refractivity contribution in [2.24, 2.45) is 5.92 Å². The molecule has 0 spiro atoms. The van der Waals surface area contributed by atoms with E-state index in [0.717, 1.165) is 0 Å². The fourth-order valence-electron chi connectivity index (χ4n) is 1.38. The number of carbonyl (C=O) groups is 2. The maximum absolute atomic E-state index is 11.7. The third-order valence-corrected chi connectivity index (χ3v) is 2.37. The lowest BCUT2D eigenvalue weighted by molar-refractivity contribution is -0.161. The van der Waals surface area contributed by atoms with E-state index in [1.807, 2.05) is 6.92 Å². The van der Waals surface area contributed by atoms with E-state index in [9.17, 15) is 9.59 Å². The van der Waals surface area contributed by atoms with Gasteiger partial charge in [0.25, 0.3) is 0 Å². The molecule has 0 bridgehead atoms. The molecular formula is C12H23NO4. The molecule has 5 nitrogen and oxygen atoms in total. The highest BCUT2D eigenvalue weighted by Gasteiger charge is 2.29. The molecule has 0 rings (SSSR count). The first kappa shape index (κ1) is 15.9. The molecule has 0 saturated heterocycles.